The quantitative estimate of drug-likeness (QED) is 0.643. The molecule has 12 heavy (non-hydrogen) atoms. The summed E-state index contributed by atoms with van der Waals surface area (Å²) in [6.07, 6.45) is 0.263. The number of hydrogen-bond donors (Lipinski definition) is 0. The van der Waals surface area contributed by atoms with Crippen molar-refractivity contribution in [3.8, 4) is 0 Å². The van der Waals surface area contributed by atoms with E-state index in [1.807, 2.05) is 0 Å². The third-order valence-electron chi connectivity index (χ3n) is 1.98. The predicted octanol–water partition coefficient (Wildman–Crippen LogP) is 0.183. The summed E-state index contributed by atoms with van der Waals surface area (Å²) in [6, 6.07) is 0. The Kier molecular flexibility index (Phi) is 3.09. The lowest BCUT2D eigenvalue weighted by Crippen LogP contribution is -2.30. The molecule has 1 aliphatic rings. The molecule has 1 fully saturated rings. The van der Waals surface area contributed by atoms with Crippen molar-refractivity contribution in [3.63, 3.8) is 0 Å². The Labute approximate surface area is 72.8 Å². The second-order valence-electron chi connectivity index (χ2n) is 2.75. The first kappa shape index (κ1) is 9.95. The van der Waals surface area contributed by atoms with E-state index in [-0.39, 0.29) is 11.9 Å². The average molecular weight is 194 g/mol. The molecule has 0 radical (unpaired) electrons. The van der Waals surface area contributed by atoms with Gasteiger partial charge in [0.2, 0.25) is 0 Å². The molecule has 0 amide bonds. The van der Waals surface area contributed by atoms with E-state index >= 15 is 0 Å². The van der Waals surface area contributed by atoms with Gasteiger partial charge >= 0.3 is 0 Å². The summed E-state index contributed by atoms with van der Waals surface area (Å²) in [4.78, 5) is 0. The Morgan fingerprint density at radius 2 is 2.17 bits per heavy atom. The summed E-state index contributed by atoms with van der Waals surface area (Å²) in [5, 5.41) is 0. The van der Waals surface area contributed by atoms with Gasteiger partial charge in [0.25, 0.3) is 0 Å². The minimum absolute atomic E-state index is 0.177. The highest BCUT2D eigenvalue weighted by Crippen LogP contribution is 2.23. The molecule has 2 unspecified atom stereocenters. The summed E-state index contributed by atoms with van der Waals surface area (Å²) in [5.41, 5.74) is -0.743. The van der Waals surface area contributed by atoms with Crippen LogP contribution in [0.4, 0.5) is 0 Å². The van der Waals surface area contributed by atoms with Crippen LogP contribution in [0.3, 0.4) is 0 Å². The highest BCUT2D eigenvalue weighted by Gasteiger charge is 2.40. The molecule has 2 atom stereocenters. The fourth-order valence-corrected chi connectivity index (χ4v) is 3.21. The zero-order valence-corrected chi connectivity index (χ0v) is 8.13. The Morgan fingerprint density at radius 1 is 1.50 bits per heavy atom. The van der Waals surface area contributed by atoms with Gasteiger partial charge in [-0.15, -0.1) is 0 Å². The van der Waals surface area contributed by atoms with Crippen molar-refractivity contribution in [2.75, 3.05) is 19.5 Å². The molecule has 1 rings (SSSR count). The van der Waals surface area contributed by atoms with Crippen LogP contribution in [0.25, 0.3) is 0 Å². The molecule has 0 aliphatic carbocycles. The van der Waals surface area contributed by atoms with Crippen LogP contribution in [0.15, 0.2) is 0 Å². The van der Waals surface area contributed by atoms with Crippen molar-refractivity contribution < 1.29 is 17.9 Å². The van der Waals surface area contributed by atoms with Crippen LogP contribution < -0.4 is 0 Å². The maximum atomic E-state index is 11.3. The fraction of sp³-hybridized carbons (Fsp3) is 1.00. The van der Waals surface area contributed by atoms with Crippen LogP contribution >= 0.6 is 0 Å². The molecule has 0 aromatic rings. The molecule has 4 nitrogen and oxygen atoms in total. The molecule has 0 spiro atoms. The average Bonchev–Trinajstić information content (AvgIpc) is 2.29. The van der Waals surface area contributed by atoms with E-state index in [9.17, 15) is 8.42 Å². The monoisotopic (exact) mass is 194 g/mol. The van der Waals surface area contributed by atoms with Crippen LogP contribution in [0.1, 0.15) is 13.3 Å². The minimum Gasteiger partial charge on any atom is -0.378 e. The van der Waals surface area contributed by atoms with Crippen LogP contribution in [0, 0.1) is 0 Å². The zero-order valence-electron chi connectivity index (χ0n) is 7.32. The highest BCUT2D eigenvalue weighted by molar-refractivity contribution is 7.92. The fourth-order valence-electron chi connectivity index (χ4n) is 1.37. The van der Waals surface area contributed by atoms with E-state index in [2.05, 4.69) is 0 Å². The summed E-state index contributed by atoms with van der Waals surface area (Å²) in [5.74, 6) is 0.177. The van der Waals surface area contributed by atoms with E-state index in [0.717, 1.165) is 0 Å². The number of sulfone groups is 1. The van der Waals surface area contributed by atoms with Gasteiger partial charge in [-0.1, -0.05) is 0 Å². The predicted molar refractivity (Wildman–Crippen MR) is 44.6 cm³/mol. The molecule has 0 aromatic heterocycles. The first-order chi connectivity index (χ1) is 5.61. The van der Waals surface area contributed by atoms with E-state index in [1.54, 1.807) is 6.92 Å². The molecule has 1 aliphatic heterocycles. The van der Waals surface area contributed by atoms with E-state index < -0.39 is 15.3 Å². The Hall–Kier alpha value is -0.130. The Morgan fingerprint density at radius 3 is 2.67 bits per heavy atom. The van der Waals surface area contributed by atoms with Crippen LogP contribution in [-0.4, -0.2) is 39.4 Å². The third-order valence-corrected chi connectivity index (χ3v) is 3.93. The second-order valence-corrected chi connectivity index (χ2v) is 4.95. The smallest absolute Gasteiger partial charge is 0.184 e. The van der Waals surface area contributed by atoms with Gasteiger partial charge < -0.3 is 9.47 Å². The summed E-state index contributed by atoms with van der Waals surface area (Å²) in [6.45, 7) is 2.18. The summed E-state index contributed by atoms with van der Waals surface area (Å²) >= 11 is 0. The van der Waals surface area contributed by atoms with Crippen molar-refractivity contribution in [1.29, 1.82) is 0 Å². The lowest BCUT2D eigenvalue weighted by atomic mass is 10.3. The van der Waals surface area contributed by atoms with Crippen molar-refractivity contribution in [3.05, 3.63) is 0 Å². The van der Waals surface area contributed by atoms with Gasteiger partial charge in [0.1, 0.15) is 0 Å². The van der Waals surface area contributed by atoms with Crippen LogP contribution in [0.5, 0.6) is 0 Å². The van der Waals surface area contributed by atoms with Gasteiger partial charge in [-0.3, -0.25) is 0 Å². The van der Waals surface area contributed by atoms with Gasteiger partial charge in [0.05, 0.1) is 11.9 Å². The van der Waals surface area contributed by atoms with Crippen molar-refractivity contribution >= 4 is 9.84 Å². The standard InChI is InChI=1S/C7H14O4S/c1-3-11-7-6(10-2)4-5-12(7,8)9/h6-7H,3-5H2,1-2H3. The van der Waals surface area contributed by atoms with Crippen molar-refractivity contribution in [2.24, 2.45) is 0 Å². The number of hydrogen-bond acceptors (Lipinski definition) is 4. The van der Waals surface area contributed by atoms with Crippen molar-refractivity contribution in [1.82, 2.24) is 0 Å². The lowest BCUT2D eigenvalue weighted by Gasteiger charge is -2.16. The highest BCUT2D eigenvalue weighted by atomic mass is 32.2. The summed E-state index contributed by atoms with van der Waals surface area (Å²) in [7, 11) is -1.55. The topological polar surface area (TPSA) is 52.6 Å². The van der Waals surface area contributed by atoms with Crippen LogP contribution in [-0.2, 0) is 19.3 Å². The Balaban J connectivity index is 2.73. The number of rotatable bonds is 3. The molecule has 0 N–H and O–H groups in total. The van der Waals surface area contributed by atoms with E-state index in [0.29, 0.717) is 13.0 Å². The van der Waals surface area contributed by atoms with Gasteiger partial charge in [-0.2, -0.15) is 0 Å². The lowest BCUT2D eigenvalue weighted by molar-refractivity contribution is -0.00409. The molecule has 1 heterocycles. The SMILES string of the molecule is CCOC1C(OC)CCS1(=O)=O. The maximum Gasteiger partial charge on any atom is 0.184 e. The van der Waals surface area contributed by atoms with E-state index in [1.165, 1.54) is 7.11 Å². The molecule has 0 saturated carbocycles. The Bertz CT molecular complexity index is 234. The summed E-state index contributed by atoms with van der Waals surface area (Å²) < 4.78 is 32.7. The van der Waals surface area contributed by atoms with Crippen molar-refractivity contribution in [2.45, 2.75) is 24.9 Å². The first-order valence-corrected chi connectivity index (χ1v) is 5.69. The van der Waals surface area contributed by atoms with Gasteiger partial charge in [0, 0.05) is 13.7 Å². The van der Waals surface area contributed by atoms with Gasteiger partial charge in [0.15, 0.2) is 15.3 Å². The molecule has 0 bridgehead atoms. The first-order valence-electron chi connectivity index (χ1n) is 3.97. The largest absolute Gasteiger partial charge is 0.378 e. The maximum absolute atomic E-state index is 11.3. The van der Waals surface area contributed by atoms with Gasteiger partial charge in [-0.25, -0.2) is 8.42 Å². The van der Waals surface area contributed by atoms with Crippen LogP contribution in [0.2, 0.25) is 0 Å². The molecule has 0 aromatic carbocycles. The minimum atomic E-state index is -3.06. The zero-order chi connectivity index (χ0) is 9.19. The molecule has 1 saturated heterocycles. The normalized spacial score (nSPS) is 33.8. The molecular weight excluding hydrogens is 180 g/mol. The van der Waals surface area contributed by atoms with Gasteiger partial charge in [-0.05, 0) is 13.3 Å². The molecule has 5 heteroatoms. The molecule has 72 valence electrons. The number of methoxy groups -OCH3 is 1. The molecular formula is C7H14O4S. The second kappa shape index (κ2) is 3.72. The number of ether oxygens (including phenoxy) is 2. The third kappa shape index (κ3) is 1.78. The van der Waals surface area contributed by atoms with E-state index in [4.69, 9.17) is 9.47 Å².